The molecule has 1 aromatic carbocycles. The maximum atomic E-state index is 12.0. The third-order valence-electron chi connectivity index (χ3n) is 3.06. The molecule has 0 fully saturated rings. The van der Waals surface area contributed by atoms with E-state index in [-0.39, 0.29) is 55.8 Å². The zero-order chi connectivity index (χ0) is 19.6. The van der Waals surface area contributed by atoms with Crippen LogP contribution in [0.2, 0.25) is 0 Å². The molecule has 2 N–H and O–H groups in total. The lowest BCUT2D eigenvalue weighted by Crippen LogP contribution is -2.38. The van der Waals surface area contributed by atoms with Crippen LogP contribution in [0, 0.1) is 0 Å². The normalized spacial score (nSPS) is 12.1. The molecule has 148 valence electrons. The van der Waals surface area contributed by atoms with Crippen molar-refractivity contribution in [3.8, 4) is 5.75 Å². The molecule has 0 aliphatic rings. The Morgan fingerprint density at radius 2 is 1.62 bits per heavy atom. The van der Waals surface area contributed by atoms with Crippen LogP contribution in [0.1, 0.15) is 6.42 Å². The van der Waals surface area contributed by atoms with Crippen LogP contribution in [0.25, 0.3) is 0 Å². The van der Waals surface area contributed by atoms with Gasteiger partial charge in [0.05, 0.1) is 30.5 Å². The summed E-state index contributed by atoms with van der Waals surface area (Å²) >= 11 is 0. The molecule has 11 heteroatoms. The summed E-state index contributed by atoms with van der Waals surface area (Å²) < 4.78 is 69.8. The Labute approximate surface area is 149 Å². The van der Waals surface area contributed by atoms with Crippen molar-refractivity contribution in [3.63, 3.8) is 0 Å². The molecule has 1 amide bonds. The minimum absolute atomic E-state index is 0.0229. The third kappa shape index (κ3) is 8.50. The topological polar surface area (TPSA) is 102 Å². The molecule has 0 spiro atoms. The van der Waals surface area contributed by atoms with Gasteiger partial charge in [-0.05, 0) is 30.7 Å². The summed E-state index contributed by atoms with van der Waals surface area (Å²) in [7, 11) is -3.46. The molecule has 0 bridgehead atoms. The maximum absolute atomic E-state index is 12.0. The number of benzene rings is 1. The molecular weight excluding hydrogens is 379 g/mol. The lowest BCUT2D eigenvalue weighted by Gasteiger charge is -2.09. The number of phenols is 1. The minimum Gasteiger partial charge on any atom is -0.508 e. The van der Waals surface area contributed by atoms with Gasteiger partial charge in [-0.3, -0.25) is 4.79 Å². The van der Waals surface area contributed by atoms with E-state index in [2.05, 4.69) is 0 Å². The highest BCUT2D eigenvalue weighted by Gasteiger charge is 2.38. The van der Waals surface area contributed by atoms with E-state index in [4.69, 9.17) is 14.6 Å². The van der Waals surface area contributed by atoms with Gasteiger partial charge in [-0.2, -0.15) is 13.2 Å². The number of aromatic hydroxyl groups is 1. The van der Waals surface area contributed by atoms with Crippen molar-refractivity contribution in [2.75, 3.05) is 38.7 Å². The summed E-state index contributed by atoms with van der Waals surface area (Å²) in [5, 5.41) is 10.8. The first-order valence-corrected chi connectivity index (χ1v) is 9.30. The first-order valence-electron chi connectivity index (χ1n) is 7.65. The summed E-state index contributed by atoms with van der Waals surface area (Å²) in [6.45, 7) is 0.0498. The number of nitrogens with one attached hydrogen (secondary N) is 1. The van der Waals surface area contributed by atoms with Gasteiger partial charge in [-0.15, -0.1) is 0 Å². The number of rotatable bonds is 11. The molecule has 0 saturated carbocycles. The van der Waals surface area contributed by atoms with Gasteiger partial charge in [0.2, 0.25) is 0 Å². The minimum atomic E-state index is -4.91. The van der Waals surface area contributed by atoms with E-state index in [9.17, 15) is 26.4 Å². The van der Waals surface area contributed by atoms with Crippen molar-refractivity contribution in [3.05, 3.63) is 24.3 Å². The SMILES string of the molecule is O=C(NCCOCCOCCCS(=O)(=O)c1ccc(O)cc1)C(F)(F)F. The summed E-state index contributed by atoms with van der Waals surface area (Å²) in [5.41, 5.74) is 0. The Bertz CT molecular complexity index is 661. The van der Waals surface area contributed by atoms with Crippen molar-refractivity contribution in [2.45, 2.75) is 17.5 Å². The Hall–Kier alpha value is -1.85. The molecule has 0 aliphatic carbocycles. The molecule has 0 radical (unpaired) electrons. The van der Waals surface area contributed by atoms with E-state index in [1.165, 1.54) is 24.3 Å². The van der Waals surface area contributed by atoms with Gasteiger partial charge in [-0.25, -0.2) is 8.42 Å². The Kier molecular flexibility index (Phi) is 8.82. The number of carbonyl (C=O) groups excluding carboxylic acids is 1. The molecule has 0 unspecified atom stereocenters. The van der Waals surface area contributed by atoms with Crippen molar-refractivity contribution in [2.24, 2.45) is 0 Å². The van der Waals surface area contributed by atoms with Crippen molar-refractivity contribution in [1.82, 2.24) is 5.32 Å². The lowest BCUT2D eigenvalue weighted by atomic mass is 10.3. The Morgan fingerprint density at radius 3 is 2.19 bits per heavy atom. The van der Waals surface area contributed by atoms with Gasteiger partial charge in [0, 0.05) is 13.2 Å². The third-order valence-corrected chi connectivity index (χ3v) is 4.88. The van der Waals surface area contributed by atoms with E-state index < -0.39 is 21.9 Å². The van der Waals surface area contributed by atoms with Gasteiger partial charge in [0.25, 0.3) is 0 Å². The number of hydrogen-bond donors (Lipinski definition) is 2. The molecule has 0 atom stereocenters. The van der Waals surface area contributed by atoms with E-state index in [0.29, 0.717) is 0 Å². The zero-order valence-corrected chi connectivity index (χ0v) is 14.6. The molecule has 7 nitrogen and oxygen atoms in total. The van der Waals surface area contributed by atoms with Gasteiger partial charge >= 0.3 is 12.1 Å². The molecule has 0 aliphatic heterocycles. The summed E-state index contributed by atoms with van der Waals surface area (Å²) in [6.07, 6.45) is -4.66. The number of hydrogen-bond acceptors (Lipinski definition) is 6. The number of amides is 1. The Balaban J connectivity index is 2.06. The van der Waals surface area contributed by atoms with Crippen molar-refractivity contribution in [1.29, 1.82) is 0 Å². The quantitative estimate of drug-likeness (QED) is 0.544. The number of phenolic OH excluding ortho intramolecular Hbond substituents is 1. The highest BCUT2D eigenvalue weighted by Crippen LogP contribution is 2.16. The second kappa shape index (κ2) is 10.3. The number of sulfone groups is 1. The maximum Gasteiger partial charge on any atom is 0.471 e. The first-order chi connectivity index (χ1) is 12.1. The fraction of sp³-hybridized carbons (Fsp3) is 0.533. The van der Waals surface area contributed by atoms with Gasteiger partial charge in [-0.1, -0.05) is 0 Å². The molecular formula is C15H20F3NO6S. The largest absolute Gasteiger partial charge is 0.508 e. The first kappa shape index (κ1) is 22.2. The standard InChI is InChI=1S/C15H20F3NO6S/c16-15(17,18)14(21)19-6-8-25-10-9-24-7-1-11-26(22,23)13-4-2-12(20)3-5-13/h2-5,20H,1,6-11H2,(H,19,21). The smallest absolute Gasteiger partial charge is 0.471 e. The van der Waals surface area contributed by atoms with E-state index in [1.807, 2.05) is 0 Å². The number of halogens is 3. The molecule has 0 saturated heterocycles. The highest BCUT2D eigenvalue weighted by molar-refractivity contribution is 7.91. The summed E-state index contributed by atoms with van der Waals surface area (Å²) in [6, 6.07) is 5.21. The van der Waals surface area contributed by atoms with Crippen molar-refractivity contribution >= 4 is 15.7 Å². The second-order valence-corrected chi connectivity index (χ2v) is 7.25. The number of alkyl halides is 3. The van der Waals surface area contributed by atoms with Crippen LogP contribution in [-0.4, -0.2) is 64.3 Å². The predicted octanol–water partition coefficient (Wildman–Crippen LogP) is 1.27. The van der Waals surface area contributed by atoms with Crippen LogP contribution in [-0.2, 0) is 24.1 Å². The average molecular weight is 399 g/mol. The fourth-order valence-corrected chi connectivity index (χ4v) is 3.07. The summed E-state index contributed by atoms with van der Waals surface area (Å²) in [4.78, 5) is 10.6. The average Bonchev–Trinajstić information content (AvgIpc) is 2.55. The highest BCUT2D eigenvalue weighted by atomic mass is 32.2. The van der Waals surface area contributed by atoms with Crippen molar-refractivity contribution < 1.29 is 41.0 Å². The molecule has 1 aromatic rings. The van der Waals surface area contributed by atoms with Crippen LogP contribution < -0.4 is 5.32 Å². The lowest BCUT2D eigenvalue weighted by molar-refractivity contribution is -0.173. The zero-order valence-electron chi connectivity index (χ0n) is 13.8. The molecule has 0 heterocycles. The Morgan fingerprint density at radius 1 is 1.04 bits per heavy atom. The van der Waals surface area contributed by atoms with E-state index >= 15 is 0 Å². The van der Waals surface area contributed by atoms with Gasteiger partial charge in [0.15, 0.2) is 9.84 Å². The fourth-order valence-electron chi connectivity index (χ4n) is 1.78. The van der Waals surface area contributed by atoms with Gasteiger partial charge in [0.1, 0.15) is 5.75 Å². The van der Waals surface area contributed by atoms with Crippen LogP contribution in [0.3, 0.4) is 0 Å². The number of carbonyl (C=O) groups is 1. The van der Waals surface area contributed by atoms with Gasteiger partial charge < -0.3 is 19.9 Å². The second-order valence-electron chi connectivity index (χ2n) is 5.14. The summed E-state index contributed by atoms with van der Waals surface area (Å²) in [5.74, 6) is -2.17. The molecule has 26 heavy (non-hydrogen) atoms. The van der Waals surface area contributed by atoms with Crippen LogP contribution >= 0.6 is 0 Å². The number of ether oxygens (including phenoxy) is 2. The van der Waals surface area contributed by atoms with Crippen LogP contribution in [0.5, 0.6) is 5.75 Å². The predicted molar refractivity (Wildman–Crippen MR) is 85.5 cm³/mol. The van der Waals surface area contributed by atoms with E-state index in [0.717, 1.165) is 0 Å². The molecule has 0 aromatic heterocycles. The van der Waals surface area contributed by atoms with E-state index in [1.54, 1.807) is 5.32 Å². The monoisotopic (exact) mass is 399 g/mol. The van der Waals surface area contributed by atoms with Crippen LogP contribution in [0.15, 0.2) is 29.2 Å². The van der Waals surface area contributed by atoms with Crippen LogP contribution in [0.4, 0.5) is 13.2 Å². The molecule has 1 rings (SSSR count).